The Labute approximate surface area is 619 Å². The van der Waals surface area contributed by atoms with Crippen LogP contribution in [0.4, 0.5) is 0 Å². The van der Waals surface area contributed by atoms with Crippen molar-refractivity contribution in [1.29, 1.82) is 0 Å². The zero-order valence-electron chi connectivity index (χ0n) is 64.3. The van der Waals surface area contributed by atoms with Crippen molar-refractivity contribution in [3.05, 3.63) is 109 Å². The van der Waals surface area contributed by atoms with E-state index in [1.54, 1.807) is 0 Å². The molecule has 0 amide bonds. The number of unbranched alkanes of at least 4 members (excludes halogenated alkanes) is 31. The first kappa shape index (κ1) is 97.7. The van der Waals surface area contributed by atoms with E-state index in [-0.39, 0.29) is 25.7 Å². The van der Waals surface area contributed by atoms with E-state index in [2.05, 4.69) is 119 Å². The van der Waals surface area contributed by atoms with Crippen LogP contribution in [0.3, 0.4) is 0 Å². The Morgan fingerprint density at radius 2 is 0.529 bits per heavy atom. The van der Waals surface area contributed by atoms with E-state index in [4.69, 9.17) is 37.0 Å². The molecule has 0 fully saturated rings. The van der Waals surface area contributed by atoms with Crippen LogP contribution in [0.1, 0.15) is 336 Å². The van der Waals surface area contributed by atoms with Gasteiger partial charge in [0.05, 0.1) is 26.4 Å². The van der Waals surface area contributed by atoms with Crippen LogP contribution in [0.2, 0.25) is 0 Å². The molecule has 102 heavy (non-hydrogen) atoms. The van der Waals surface area contributed by atoms with Gasteiger partial charge in [-0.3, -0.25) is 37.3 Å². The van der Waals surface area contributed by atoms with Crippen molar-refractivity contribution >= 4 is 39.5 Å². The molecule has 588 valence electrons. The molecule has 0 aromatic heterocycles. The van der Waals surface area contributed by atoms with Crippen molar-refractivity contribution in [3.63, 3.8) is 0 Å². The summed E-state index contributed by atoms with van der Waals surface area (Å²) in [5.74, 6) is -2.28. The molecular weight excluding hydrogens is 1330 g/mol. The van der Waals surface area contributed by atoms with Crippen LogP contribution in [0, 0.1) is 0 Å². The van der Waals surface area contributed by atoms with Crippen molar-refractivity contribution in [2.24, 2.45) is 0 Å². The highest BCUT2D eigenvalue weighted by Crippen LogP contribution is 2.45. The maximum absolute atomic E-state index is 13.1. The van der Waals surface area contributed by atoms with E-state index in [0.29, 0.717) is 32.1 Å². The normalized spacial score (nSPS) is 14.5. The monoisotopic (exact) mass is 1470 g/mol. The SMILES string of the molecule is CC/C=C\C/C=C\C/C=C\C/C=C\C/C=C\C/C=C\CCC(=O)OC[C@H](COP(=O)(O)OC[C@@H](O)COP(=O)(O)OC[C@@H](COC(=O)CCCCCCCCC/C=C\CCCCCC)OC(=O)CCCCCCC/C=C\CCCCCC)OC(=O)CCCCCCC/C=C\CCCCCCCC. The summed E-state index contributed by atoms with van der Waals surface area (Å²) in [5, 5.41) is 10.6. The number of carbonyl (C=O) groups excluding carboxylic acids is 4. The zero-order valence-corrected chi connectivity index (χ0v) is 66.0. The molecule has 0 aromatic carbocycles. The Morgan fingerprint density at radius 3 is 0.853 bits per heavy atom. The first-order valence-corrected chi connectivity index (χ1v) is 43.1. The largest absolute Gasteiger partial charge is 0.472 e. The number of allylic oxidation sites excluding steroid dienone is 18. The molecule has 2 unspecified atom stereocenters. The molecular formula is C83H144O17P2. The molecule has 0 radical (unpaired) electrons. The van der Waals surface area contributed by atoms with Gasteiger partial charge >= 0.3 is 39.5 Å². The van der Waals surface area contributed by atoms with Gasteiger partial charge in [0.2, 0.25) is 0 Å². The van der Waals surface area contributed by atoms with E-state index in [9.17, 15) is 43.2 Å². The fraction of sp³-hybridized carbons (Fsp3) is 0.735. The van der Waals surface area contributed by atoms with Crippen LogP contribution in [0.5, 0.6) is 0 Å². The van der Waals surface area contributed by atoms with Crippen LogP contribution in [-0.4, -0.2) is 96.7 Å². The Kier molecular flexibility index (Phi) is 71.8. The highest BCUT2D eigenvalue weighted by molar-refractivity contribution is 7.47. The van der Waals surface area contributed by atoms with E-state index < -0.39 is 97.5 Å². The lowest BCUT2D eigenvalue weighted by molar-refractivity contribution is -0.161. The minimum atomic E-state index is -5.00. The van der Waals surface area contributed by atoms with Crippen LogP contribution in [0.15, 0.2) is 109 Å². The maximum atomic E-state index is 13.1. The van der Waals surface area contributed by atoms with Crippen LogP contribution in [-0.2, 0) is 65.4 Å². The topological polar surface area (TPSA) is 237 Å². The predicted molar refractivity (Wildman–Crippen MR) is 418 cm³/mol. The lowest BCUT2D eigenvalue weighted by Crippen LogP contribution is -2.30. The average Bonchev–Trinajstić information content (AvgIpc) is 0.924. The van der Waals surface area contributed by atoms with Gasteiger partial charge in [0, 0.05) is 25.7 Å². The van der Waals surface area contributed by atoms with Crippen molar-refractivity contribution in [3.8, 4) is 0 Å². The fourth-order valence-corrected chi connectivity index (χ4v) is 12.2. The summed E-state index contributed by atoms with van der Waals surface area (Å²) < 4.78 is 68.5. The highest BCUT2D eigenvalue weighted by atomic mass is 31.2. The second-order valence-corrected chi connectivity index (χ2v) is 29.5. The van der Waals surface area contributed by atoms with Crippen molar-refractivity contribution in [2.45, 2.75) is 354 Å². The summed E-state index contributed by atoms with van der Waals surface area (Å²) >= 11 is 0. The lowest BCUT2D eigenvalue weighted by atomic mass is 10.1. The van der Waals surface area contributed by atoms with Crippen molar-refractivity contribution in [1.82, 2.24) is 0 Å². The van der Waals surface area contributed by atoms with Crippen molar-refractivity contribution < 1.29 is 80.2 Å². The first-order chi connectivity index (χ1) is 49.7. The second kappa shape index (κ2) is 75.0. The molecule has 0 aliphatic carbocycles. The minimum Gasteiger partial charge on any atom is -0.462 e. The number of aliphatic hydroxyl groups excluding tert-OH is 1. The third kappa shape index (κ3) is 74.0. The summed E-state index contributed by atoms with van der Waals surface area (Å²) in [6.45, 7) is 4.65. The number of phosphoric acid groups is 2. The summed E-state index contributed by atoms with van der Waals surface area (Å²) in [6, 6.07) is 0. The van der Waals surface area contributed by atoms with Gasteiger partial charge in [0.25, 0.3) is 0 Å². The predicted octanol–water partition coefficient (Wildman–Crippen LogP) is 23.3. The molecule has 17 nitrogen and oxygen atoms in total. The fourth-order valence-electron chi connectivity index (χ4n) is 10.6. The number of esters is 4. The van der Waals surface area contributed by atoms with Crippen molar-refractivity contribution in [2.75, 3.05) is 39.6 Å². The number of rotatable bonds is 75. The van der Waals surface area contributed by atoms with E-state index in [0.717, 1.165) is 148 Å². The average molecular weight is 1480 g/mol. The molecule has 0 spiro atoms. The standard InChI is InChI=1S/C83H144O17P2/c1-5-9-13-17-21-25-29-33-36-37-38-39-42-45-48-52-56-60-64-68-81(86)94-74-79(100-83(88)70-66-62-58-54-50-46-41-35-31-27-23-19-15-11-7-3)76-98-102(91,92)96-72-77(84)71-95-101(89,90)97-75-78(99-82(87)69-65-61-57-53-49-43-32-28-24-20-16-12-8-4)73-93-80(85)67-63-59-55-51-47-44-40-34-30-26-22-18-14-10-6-2/h9,13,21,25-26,28,30,32-33,35-36,38-39,41,45,48,56,60,77-79,84H,5-8,10-12,14-20,22-24,27,29,31,34,37,40,42-44,46-47,49-55,57-59,61-76H2,1-4H3,(H,89,90)(H,91,92)/b13-9-,25-21-,30-26-,32-28-,36-33-,39-38-,41-35-,48-45-,60-56-/t77-,78+,79+/m0/s1. The molecule has 0 saturated carbocycles. The van der Waals surface area contributed by atoms with Gasteiger partial charge in [0.15, 0.2) is 12.2 Å². The van der Waals surface area contributed by atoms with Gasteiger partial charge in [-0.1, -0.05) is 278 Å². The van der Waals surface area contributed by atoms with E-state index in [1.807, 2.05) is 18.2 Å². The van der Waals surface area contributed by atoms with Crippen LogP contribution < -0.4 is 0 Å². The number of phosphoric ester groups is 2. The van der Waals surface area contributed by atoms with Crippen LogP contribution in [0.25, 0.3) is 0 Å². The molecule has 0 heterocycles. The van der Waals surface area contributed by atoms with Gasteiger partial charge in [-0.05, 0) is 141 Å². The lowest BCUT2D eigenvalue weighted by Gasteiger charge is -2.21. The smallest absolute Gasteiger partial charge is 0.462 e. The van der Waals surface area contributed by atoms with E-state index >= 15 is 0 Å². The molecule has 19 heteroatoms. The molecule has 5 atom stereocenters. The summed E-state index contributed by atoms with van der Waals surface area (Å²) in [5.41, 5.74) is 0. The zero-order chi connectivity index (χ0) is 74.6. The van der Waals surface area contributed by atoms with Crippen LogP contribution >= 0.6 is 15.6 Å². The second-order valence-electron chi connectivity index (χ2n) is 26.6. The molecule has 0 rings (SSSR count). The quantitative estimate of drug-likeness (QED) is 0.0169. The number of hydrogen-bond donors (Lipinski definition) is 3. The molecule has 3 N–H and O–H groups in total. The third-order valence-corrected chi connectivity index (χ3v) is 18.6. The van der Waals surface area contributed by atoms with Gasteiger partial charge < -0.3 is 33.8 Å². The molecule has 0 aliphatic rings. The van der Waals surface area contributed by atoms with Gasteiger partial charge in [-0.15, -0.1) is 0 Å². The number of ether oxygens (including phenoxy) is 4. The molecule has 0 aliphatic heterocycles. The van der Waals surface area contributed by atoms with E-state index in [1.165, 1.54) is 103 Å². The minimum absolute atomic E-state index is 0.0339. The Balaban J connectivity index is 5.41. The first-order valence-electron chi connectivity index (χ1n) is 40.1. The summed E-state index contributed by atoms with van der Waals surface area (Å²) in [7, 11) is -9.98. The Bertz CT molecular complexity index is 2360. The summed E-state index contributed by atoms with van der Waals surface area (Å²) in [6.07, 6.45) is 80.8. The number of carbonyl (C=O) groups is 4. The van der Waals surface area contributed by atoms with Gasteiger partial charge in [-0.2, -0.15) is 0 Å². The molecule has 0 bridgehead atoms. The molecule has 0 aromatic rings. The maximum Gasteiger partial charge on any atom is 0.472 e. The third-order valence-electron chi connectivity index (χ3n) is 16.7. The Morgan fingerprint density at radius 1 is 0.284 bits per heavy atom. The van der Waals surface area contributed by atoms with Gasteiger partial charge in [0.1, 0.15) is 19.3 Å². The molecule has 0 saturated heterocycles. The van der Waals surface area contributed by atoms with Gasteiger partial charge in [-0.25, -0.2) is 9.13 Å². The Hall–Kier alpha value is -4.28. The number of hydrogen-bond acceptors (Lipinski definition) is 15. The number of aliphatic hydroxyl groups is 1. The summed E-state index contributed by atoms with van der Waals surface area (Å²) in [4.78, 5) is 72.9. The highest BCUT2D eigenvalue weighted by Gasteiger charge is 2.30.